The van der Waals surface area contributed by atoms with Gasteiger partial charge in [-0.1, -0.05) is 20.8 Å². The lowest BCUT2D eigenvalue weighted by atomic mass is 10.0. The maximum atomic E-state index is 8.89. The van der Waals surface area contributed by atoms with E-state index in [9.17, 15) is 0 Å². The number of methoxy groups -OCH3 is 1. The second-order valence-electron chi connectivity index (χ2n) is 4.33. The van der Waals surface area contributed by atoms with Crippen molar-refractivity contribution in [1.29, 1.82) is 0 Å². The summed E-state index contributed by atoms with van der Waals surface area (Å²) in [6.07, 6.45) is 0.831. The van der Waals surface area contributed by atoms with Crippen molar-refractivity contribution < 1.29 is 9.84 Å². The lowest BCUT2D eigenvalue weighted by Gasteiger charge is -2.23. The normalized spacial score (nSPS) is 15.9. The van der Waals surface area contributed by atoms with Crippen molar-refractivity contribution in [3.05, 3.63) is 0 Å². The lowest BCUT2D eigenvalue weighted by molar-refractivity contribution is 0.153. The molecule has 14 heavy (non-hydrogen) atoms. The monoisotopic (exact) mass is 203 g/mol. The molecule has 2 unspecified atom stereocenters. The molecule has 0 heterocycles. The third-order valence-electron chi connectivity index (χ3n) is 2.42. The van der Waals surface area contributed by atoms with Crippen LogP contribution in [0.15, 0.2) is 0 Å². The third-order valence-corrected chi connectivity index (χ3v) is 2.42. The highest BCUT2D eigenvalue weighted by molar-refractivity contribution is 4.71. The minimum Gasteiger partial charge on any atom is -0.396 e. The van der Waals surface area contributed by atoms with Gasteiger partial charge in [0.15, 0.2) is 0 Å². The predicted molar refractivity (Wildman–Crippen MR) is 59.4 cm³/mol. The molecule has 0 aliphatic heterocycles. The minimum absolute atomic E-state index is 0.258. The van der Waals surface area contributed by atoms with E-state index in [1.54, 1.807) is 7.11 Å². The van der Waals surface area contributed by atoms with Crippen molar-refractivity contribution in [3.63, 3.8) is 0 Å². The van der Waals surface area contributed by atoms with Gasteiger partial charge in [-0.3, -0.25) is 0 Å². The molecule has 0 spiro atoms. The quantitative estimate of drug-likeness (QED) is 0.624. The van der Waals surface area contributed by atoms with E-state index in [1.165, 1.54) is 0 Å². The average molecular weight is 203 g/mol. The molecule has 2 N–H and O–H groups in total. The fourth-order valence-corrected chi connectivity index (χ4v) is 1.51. The first-order chi connectivity index (χ1) is 6.61. The number of nitrogens with one attached hydrogen (secondary N) is 1. The molecule has 0 saturated carbocycles. The molecule has 0 aliphatic carbocycles. The molecule has 86 valence electrons. The molecule has 0 fully saturated rings. The highest BCUT2D eigenvalue weighted by atomic mass is 16.5. The fraction of sp³-hybridized carbons (Fsp3) is 1.00. The van der Waals surface area contributed by atoms with Crippen LogP contribution in [0.2, 0.25) is 0 Å². The van der Waals surface area contributed by atoms with E-state index in [0.29, 0.717) is 17.9 Å². The van der Waals surface area contributed by atoms with Gasteiger partial charge >= 0.3 is 0 Å². The van der Waals surface area contributed by atoms with Crippen molar-refractivity contribution in [2.75, 3.05) is 26.9 Å². The van der Waals surface area contributed by atoms with Crippen molar-refractivity contribution in [1.82, 2.24) is 5.32 Å². The van der Waals surface area contributed by atoms with Crippen LogP contribution in [0, 0.1) is 11.8 Å². The molecule has 3 heteroatoms. The second kappa shape index (κ2) is 8.21. The first kappa shape index (κ1) is 13.9. The summed E-state index contributed by atoms with van der Waals surface area (Å²) in [6.45, 7) is 8.51. The van der Waals surface area contributed by atoms with E-state index in [2.05, 4.69) is 26.1 Å². The maximum absolute atomic E-state index is 8.89. The summed E-state index contributed by atoms with van der Waals surface area (Å²) < 4.78 is 5.07. The van der Waals surface area contributed by atoms with E-state index in [0.717, 1.165) is 19.6 Å². The van der Waals surface area contributed by atoms with Gasteiger partial charge in [-0.05, 0) is 18.3 Å². The topological polar surface area (TPSA) is 41.5 Å². The Morgan fingerprint density at radius 2 is 1.93 bits per heavy atom. The minimum atomic E-state index is 0.258. The lowest BCUT2D eigenvalue weighted by Crippen LogP contribution is -2.38. The maximum Gasteiger partial charge on any atom is 0.0499 e. The van der Waals surface area contributed by atoms with Crippen LogP contribution in [-0.4, -0.2) is 38.0 Å². The van der Waals surface area contributed by atoms with Gasteiger partial charge in [0.05, 0.1) is 0 Å². The highest BCUT2D eigenvalue weighted by Gasteiger charge is 2.12. The third kappa shape index (κ3) is 6.35. The highest BCUT2D eigenvalue weighted by Crippen LogP contribution is 2.06. The van der Waals surface area contributed by atoms with Crippen molar-refractivity contribution in [3.8, 4) is 0 Å². The number of rotatable bonds is 8. The van der Waals surface area contributed by atoms with Crippen LogP contribution in [-0.2, 0) is 4.74 Å². The Morgan fingerprint density at radius 3 is 2.36 bits per heavy atom. The Hall–Kier alpha value is -0.120. The largest absolute Gasteiger partial charge is 0.396 e. The summed E-state index contributed by atoms with van der Waals surface area (Å²) in [5.74, 6) is 1.09. The molecular formula is C11H25NO2. The molecule has 0 aromatic carbocycles. The molecular weight excluding hydrogens is 178 g/mol. The molecule has 3 nitrogen and oxygen atoms in total. The number of hydrogen-bond donors (Lipinski definition) is 2. The smallest absolute Gasteiger partial charge is 0.0499 e. The molecule has 0 aromatic heterocycles. The second-order valence-corrected chi connectivity index (χ2v) is 4.33. The molecule has 0 amide bonds. The Labute approximate surface area is 87.8 Å². The van der Waals surface area contributed by atoms with E-state index >= 15 is 0 Å². The summed E-state index contributed by atoms with van der Waals surface area (Å²) in [6, 6.07) is 0.416. The predicted octanol–water partition coefficient (Wildman–Crippen LogP) is 1.27. The Bertz CT molecular complexity index is 128. The van der Waals surface area contributed by atoms with Crippen LogP contribution in [0.1, 0.15) is 27.2 Å². The number of ether oxygens (including phenoxy) is 1. The number of hydrogen-bond acceptors (Lipinski definition) is 3. The van der Waals surface area contributed by atoms with Crippen molar-refractivity contribution in [2.45, 2.75) is 33.2 Å². The van der Waals surface area contributed by atoms with Crippen LogP contribution in [0.4, 0.5) is 0 Å². The van der Waals surface area contributed by atoms with E-state index in [-0.39, 0.29) is 6.61 Å². The molecule has 0 radical (unpaired) electrons. The van der Waals surface area contributed by atoms with Gasteiger partial charge in [0.1, 0.15) is 0 Å². The molecule has 2 atom stereocenters. The van der Waals surface area contributed by atoms with Gasteiger partial charge in [0, 0.05) is 32.9 Å². The number of aliphatic hydroxyl groups excluding tert-OH is 1. The molecule has 0 saturated heterocycles. The van der Waals surface area contributed by atoms with E-state index in [4.69, 9.17) is 9.84 Å². The van der Waals surface area contributed by atoms with Gasteiger partial charge < -0.3 is 15.2 Å². The Morgan fingerprint density at radius 1 is 1.29 bits per heavy atom. The van der Waals surface area contributed by atoms with Crippen LogP contribution in [0.5, 0.6) is 0 Å². The Balaban J connectivity index is 3.69. The average Bonchev–Trinajstić information content (AvgIpc) is 2.12. The summed E-state index contributed by atoms with van der Waals surface area (Å²) >= 11 is 0. The summed E-state index contributed by atoms with van der Waals surface area (Å²) in [7, 11) is 1.73. The van der Waals surface area contributed by atoms with Crippen LogP contribution < -0.4 is 5.32 Å². The first-order valence-corrected chi connectivity index (χ1v) is 5.45. The van der Waals surface area contributed by atoms with Crippen LogP contribution in [0.3, 0.4) is 0 Å². The zero-order valence-electron chi connectivity index (χ0n) is 9.92. The summed E-state index contributed by atoms with van der Waals surface area (Å²) in [5, 5.41) is 12.4. The van der Waals surface area contributed by atoms with E-state index < -0.39 is 0 Å². The van der Waals surface area contributed by atoms with Gasteiger partial charge in [0.2, 0.25) is 0 Å². The van der Waals surface area contributed by atoms with Gasteiger partial charge in [0.25, 0.3) is 0 Å². The van der Waals surface area contributed by atoms with Crippen molar-refractivity contribution in [2.24, 2.45) is 11.8 Å². The fourth-order valence-electron chi connectivity index (χ4n) is 1.51. The molecule has 0 aromatic rings. The van der Waals surface area contributed by atoms with E-state index in [1.807, 2.05) is 0 Å². The zero-order valence-corrected chi connectivity index (χ0v) is 9.92. The summed E-state index contributed by atoms with van der Waals surface area (Å²) in [4.78, 5) is 0. The van der Waals surface area contributed by atoms with Gasteiger partial charge in [-0.25, -0.2) is 0 Å². The molecule has 0 aliphatic rings. The molecule has 0 rings (SSSR count). The summed E-state index contributed by atoms with van der Waals surface area (Å²) in [5.41, 5.74) is 0. The zero-order chi connectivity index (χ0) is 11.0. The van der Waals surface area contributed by atoms with Gasteiger partial charge in [-0.2, -0.15) is 0 Å². The Kier molecular flexibility index (Phi) is 8.14. The SMILES string of the molecule is COCC(C)CNC(CCO)C(C)C. The van der Waals surface area contributed by atoms with Gasteiger partial charge in [-0.15, -0.1) is 0 Å². The van der Waals surface area contributed by atoms with Crippen LogP contribution in [0.25, 0.3) is 0 Å². The first-order valence-electron chi connectivity index (χ1n) is 5.45. The molecule has 0 bridgehead atoms. The number of aliphatic hydroxyl groups is 1. The van der Waals surface area contributed by atoms with Crippen LogP contribution >= 0.6 is 0 Å². The van der Waals surface area contributed by atoms with Crippen molar-refractivity contribution >= 4 is 0 Å². The standard InChI is InChI=1S/C11H25NO2/c1-9(2)11(5-6-13)12-7-10(3)8-14-4/h9-13H,5-8H2,1-4H3.